The van der Waals surface area contributed by atoms with Gasteiger partial charge in [0.15, 0.2) is 0 Å². The van der Waals surface area contributed by atoms with E-state index in [9.17, 15) is 0 Å². The molecule has 4 heteroatoms. The Labute approximate surface area is 91.5 Å². The third kappa shape index (κ3) is 4.36. The summed E-state index contributed by atoms with van der Waals surface area (Å²) >= 11 is 0. The van der Waals surface area contributed by atoms with E-state index >= 15 is 0 Å². The van der Waals surface area contributed by atoms with Crippen molar-refractivity contribution >= 4 is 0 Å². The van der Waals surface area contributed by atoms with Crippen LogP contribution in [0.1, 0.15) is 19.5 Å². The molecule has 0 fully saturated rings. The molecule has 1 aromatic heterocycles. The lowest BCUT2D eigenvalue weighted by Crippen LogP contribution is -2.36. The Hall–Kier alpha value is -1.00. The molecule has 0 bridgehead atoms. The highest BCUT2D eigenvalue weighted by atomic mass is 15.1. The second-order valence-corrected chi connectivity index (χ2v) is 4.74. The summed E-state index contributed by atoms with van der Waals surface area (Å²) in [5.41, 5.74) is 6.84. The Bertz CT molecular complexity index is 284. The van der Waals surface area contributed by atoms with Crippen LogP contribution in [0.4, 0.5) is 0 Å². The standard InChI is InChI=1S/C11H20N4/c1-11(2,8-12)9-15(3)7-10-6-13-4-5-14-10/h4-6H,7-9,12H2,1-3H3. The maximum atomic E-state index is 5.69. The molecule has 1 aromatic rings. The van der Waals surface area contributed by atoms with Crippen LogP contribution in [0.2, 0.25) is 0 Å². The number of hydrogen-bond acceptors (Lipinski definition) is 4. The molecule has 1 rings (SSSR count). The fourth-order valence-corrected chi connectivity index (χ4v) is 1.54. The molecule has 0 saturated carbocycles. The summed E-state index contributed by atoms with van der Waals surface area (Å²) in [6.45, 7) is 6.80. The van der Waals surface area contributed by atoms with Crippen molar-refractivity contribution in [2.24, 2.45) is 11.1 Å². The van der Waals surface area contributed by atoms with Crippen molar-refractivity contribution in [2.75, 3.05) is 20.1 Å². The average molecular weight is 208 g/mol. The lowest BCUT2D eigenvalue weighted by molar-refractivity contribution is 0.208. The van der Waals surface area contributed by atoms with Gasteiger partial charge in [-0.3, -0.25) is 14.9 Å². The maximum absolute atomic E-state index is 5.69. The Morgan fingerprint density at radius 1 is 1.40 bits per heavy atom. The average Bonchev–Trinajstić information content (AvgIpc) is 2.18. The van der Waals surface area contributed by atoms with Gasteiger partial charge in [-0.25, -0.2) is 0 Å². The van der Waals surface area contributed by atoms with E-state index in [2.05, 4.69) is 35.8 Å². The molecule has 0 aromatic carbocycles. The second kappa shape index (κ2) is 5.19. The van der Waals surface area contributed by atoms with Gasteiger partial charge in [0.25, 0.3) is 0 Å². The number of nitrogens with zero attached hydrogens (tertiary/aromatic N) is 3. The van der Waals surface area contributed by atoms with E-state index in [1.165, 1.54) is 0 Å². The van der Waals surface area contributed by atoms with Gasteiger partial charge in [0.05, 0.1) is 5.69 Å². The molecular formula is C11H20N4. The van der Waals surface area contributed by atoms with Crippen LogP contribution in [0, 0.1) is 5.41 Å². The predicted molar refractivity (Wildman–Crippen MR) is 61.2 cm³/mol. The molecule has 2 N–H and O–H groups in total. The van der Waals surface area contributed by atoms with E-state index in [-0.39, 0.29) is 5.41 Å². The minimum Gasteiger partial charge on any atom is -0.330 e. The lowest BCUT2D eigenvalue weighted by Gasteiger charge is -2.28. The number of nitrogens with two attached hydrogens (primary N) is 1. The van der Waals surface area contributed by atoms with Gasteiger partial charge in [-0.15, -0.1) is 0 Å². The molecule has 0 aliphatic rings. The maximum Gasteiger partial charge on any atom is 0.0726 e. The smallest absolute Gasteiger partial charge is 0.0726 e. The van der Waals surface area contributed by atoms with Crippen molar-refractivity contribution in [2.45, 2.75) is 20.4 Å². The van der Waals surface area contributed by atoms with E-state index in [0.29, 0.717) is 6.54 Å². The van der Waals surface area contributed by atoms with Gasteiger partial charge in [0.2, 0.25) is 0 Å². The highest BCUT2D eigenvalue weighted by Gasteiger charge is 2.18. The van der Waals surface area contributed by atoms with Gasteiger partial charge < -0.3 is 5.73 Å². The summed E-state index contributed by atoms with van der Waals surface area (Å²) in [6, 6.07) is 0. The van der Waals surface area contributed by atoms with E-state index in [1.54, 1.807) is 18.6 Å². The zero-order valence-electron chi connectivity index (χ0n) is 9.77. The van der Waals surface area contributed by atoms with Crippen molar-refractivity contribution in [3.8, 4) is 0 Å². The van der Waals surface area contributed by atoms with Crippen molar-refractivity contribution in [3.05, 3.63) is 24.3 Å². The SMILES string of the molecule is CN(Cc1cnccn1)CC(C)(C)CN. The van der Waals surface area contributed by atoms with Crippen LogP contribution in [0.3, 0.4) is 0 Å². The van der Waals surface area contributed by atoms with Gasteiger partial charge in [-0.1, -0.05) is 13.8 Å². The van der Waals surface area contributed by atoms with Gasteiger partial charge in [-0.05, 0) is 19.0 Å². The van der Waals surface area contributed by atoms with Gasteiger partial charge >= 0.3 is 0 Å². The van der Waals surface area contributed by atoms with Crippen LogP contribution in [-0.4, -0.2) is 35.0 Å². The van der Waals surface area contributed by atoms with Crippen LogP contribution in [0.15, 0.2) is 18.6 Å². The molecule has 0 amide bonds. The Balaban J connectivity index is 2.46. The zero-order valence-corrected chi connectivity index (χ0v) is 9.77. The summed E-state index contributed by atoms with van der Waals surface area (Å²) in [4.78, 5) is 10.5. The fraction of sp³-hybridized carbons (Fsp3) is 0.636. The normalized spacial score (nSPS) is 12.1. The second-order valence-electron chi connectivity index (χ2n) is 4.74. The molecule has 0 aliphatic carbocycles. The Morgan fingerprint density at radius 2 is 2.13 bits per heavy atom. The summed E-state index contributed by atoms with van der Waals surface area (Å²) in [5.74, 6) is 0. The Kier molecular flexibility index (Phi) is 4.17. The predicted octanol–water partition coefficient (Wildman–Crippen LogP) is 0.893. The third-order valence-corrected chi connectivity index (χ3v) is 2.30. The third-order valence-electron chi connectivity index (χ3n) is 2.30. The van der Waals surface area contributed by atoms with Crippen molar-refractivity contribution in [3.63, 3.8) is 0 Å². The number of aromatic nitrogens is 2. The summed E-state index contributed by atoms with van der Waals surface area (Å²) in [5, 5.41) is 0. The highest BCUT2D eigenvalue weighted by Crippen LogP contribution is 2.14. The highest BCUT2D eigenvalue weighted by molar-refractivity contribution is 4.94. The van der Waals surface area contributed by atoms with Gasteiger partial charge in [0.1, 0.15) is 0 Å². The molecular weight excluding hydrogens is 188 g/mol. The largest absolute Gasteiger partial charge is 0.330 e. The van der Waals surface area contributed by atoms with Crippen LogP contribution >= 0.6 is 0 Å². The summed E-state index contributed by atoms with van der Waals surface area (Å²) in [6.07, 6.45) is 5.20. The topological polar surface area (TPSA) is 55.0 Å². The molecule has 0 saturated heterocycles. The quantitative estimate of drug-likeness (QED) is 0.781. The number of rotatable bonds is 5. The number of hydrogen-bond donors (Lipinski definition) is 1. The van der Waals surface area contributed by atoms with Crippen molar-refractivity contribution in [1.82, 2.24) is 14.9 Å². The van der Waals surface area contributed by atoms with Crippen LogP contribution in [-0.2, 0) is 6.54 Å². The fourth-order valence-electron chi connectivity index (χ4n) is 1.54. The molecule has 84 valence electrons. The Morgan fingerprint density at radius 3 is 2.67 bits per heavy atom. The van der Waals surface area contributed by atoms with Gasteiger partial charge in [-0.2, -0.15) is 0 Å². The molecule has 4 nitrogen and oxygen atoms in total. The summed E-state index contributed by atoms with van der Waals surface area (Å²) in [7, 11) is 2.08. The molecule has 0 atom stereocenters. The molecule has 0 aliphatic heterocycles. The lowest BCUT2D eigenvalue weighted by atomic mass is 9.93. The van der Waals surface area contributed by atoms with Crippen molar-refractivity contribution in [1.29, 1.82) is 0 Å². The monoisotopic (exact) mass is 208 g/mol. The zero-order chi connectivity index (χ0) is 11.3. The minimum atomic E-state index is 0.150. The molecule has 0 unspecified atom stereocenters. The van der Waals surface area contributed by atoms with E-state index < -0.39 is 0 Å². The van der Waals surface area contributed by atoms with Crippen LogP contribution in [0.5, 0.6) is 0 Å². The van der Waals surface area contributed by atoms with E-state index in [1.807, 2.05) is 0 Å². The first-order valence-electron chi connectivity index (χ1n) is 5.17. The first kappa shape index (κ1) is 12.1. The first-order valence-corrected chi connectivity index (χ1v) is 5.17. The van der Waals surface area contributed by atoms with E-state index in [0.717, 1.165) is 18.8 Å². The van der Waals surface area contributed by atoms with Crippen molar-refractivity contribution < 1.29 is 0 Å². The molecule has 15 heavy (non-hydrogen) atoms. The first-order chi connectivity index (χ1) is 7.03. The summed E-state index contributed by atoms with van der Waals surface area (Å²) < 4.78 is 0. The minimum absolute atomic E-state index is 0.150. The van der Waals surface area contributed by atoms with Crippen LogP contribution < -0.4 is 5.73 Å². The van der Waals surface area contributed by atoms with Gasteiger partial charge in [0, 0.05) is 31.7 Å². The van der Waals surface area contributed by atoms with Crippen LogP contribution in [0.25, 0.3) is 0 Å². The molecule has 0 spiro atoms. The van der Waals surface area contributed by atoms with E-state index in [4.69, 9.17) is 5.73 Å². The molecule has 1 heterocycles. The molecule has 0 radical (unpaired) electrons.